The maximum absolute atomic E-state index is 12.6. The van der Waals surface area contributed by atoms with E-state index in [9.17, 15) is 9.59 Å². The Morgan fingerprint density at radius 3 is 2.42 bits per heavy atom. The van der Waals surface area contributed by atoms with Crippen molar-refractivity contribution in [2.75, 3.05) is 25.0 Å². The quantitative estimate of drug-likeness (QED) is 0.911. The van der Waals surface area contributed by atoms with Crippen molar-refractivity contribution >= 4 is 17.5 Å². The first kappa shape index (κ1) is 16.2. The van der Waals surface area contributed by atoms with Crippen molar-refractivity contribution in [3.8, 4) is 0 Å². The van der Waals surface area contributed by atoms with E-state index in [0.29, 0.717) is 23.4 Å². The Morgan fingerprint density at radius 2 is 1.75 bits per heavy atom. The average molecular weight is 323 g/mol. The van der Waals surface area contributed by atoms with Crippen LogP contribution in [0.3, 0.4) is 0 Å². The number of amides is 2. The van der Waals surface area contributed by atoms with Crippen LogP contribution >= 0.6 is 0 Å². The van der Waals surface area contributed by atoms with E-state index in [1.807, 2.05) is 30.0 Å². The van der Waals surface area contributed by atoms with Gasteiger partial charge in [-0.3, -0.25) is 9.59 Å². The van der Waals surface area contributed by atoms with Crippen LogP contribution in [0.4, 0.5) is 5.69 Å². The molecule has 0 radical (unpaired) electrons. The molecule has 0 aromatic heterocycles. The van der Waals surface area contributed by atoms with Crippen LogP contribution in [0.15, 0.2) is 54.6 Å². The third-order valence-electron chi connectivity index (χ3n) is 4.19. The standard InChI is InChI=1S/C19H21N3O2/c1-14-13-20-11-12-22(14)19(24)16-7-9-17(10-8-16)21-18(23)15-5-3-2-4-6-15/h2-10,14,20H,11-13H2,1H3,(H,21,23)/t14-/m1/s1. The monoisotopic (exact) mass is 323 g/mol. The van der Waals surface area contributed by atoms with Crippen LogP contribution in [0.2, 0.25) is 0 Å². The Balaban J connectivity index is 1.67. The van der Waals surface area contributed by atoms with Gasteiger partial charge in [0.2, 0.25) is 0 Å². The predicted octanol–water partition coefficient (Wildman–Crippen LogP) is 2.37. The summed E-state index contributed by atoms with van der Waals surface area (Å²) in [6.45, 7) is 4.39. The van der Waals surface area contributed by atoms with Crippen molar-refractivity contribution in [3.05, 3.63) is 65.7 Å². The molecular weight excluding hydrogens is 302 g/mol. The fourth-order valence-corrected chi connectivity index (χ4v) is 2.80. The van der Waals surface area contributed by atoms with Crippen LogP contribution in [-0.4, -0.2) is 42.4 Å². The molecule has 5 heteroatoms. The molecule has 1 aliphatic heterocycles. The van der Waals surface area contributed by atoms with Gasteiger partial charge < -0.3 is 15.5 Å². The number of carbonyl (C=O) groups is 2. The van der Waals surface area contributed by atoms with Gasteiger partial charge in [0.1, 0.15) is 0 Å². The molecule has 1 aliphatic rings. The molecule has 5 nitrogen and oxygen atoms in total. The average Bonchev–Trinajstić information content (AvgIpc) is 2.63. The first-order chi connectivity index (χ1) is 11.6. The minimum Gasteiger partial charge on any atom is -0.333 e. The third kappa shape index (κ3) is 3.63. The molecule has 1 saturated heterocycles. The molecule has 2 amide bonds. The van der Waals surface area contributed by atoms with Gasteiger partial charge in [0.05, 0.1) is 0 Å². The van der Waals surface area contributed by atoms with E-state index in [4.69, 9.17) is 0 Å². The van der Waals surface area contributed by atoms with E-state index >= 15 is 0 Å². The fourth-order valence-electron chi connectivity index (χ4n) is 2.80. The van der Waals surface area contributed by atoms with Gasteiger partial charge in [-0.2, -0.15) is 0 Å². The van der Waals surface area contributed by atoms with Gasteiger partial charge in [-0.25, -0.2) is 0 Å². The highest BCUT2D eigenvalue weighted by Crippen LogP contribution is 2.15. The van der Waals surface area contributed by atoms with E-state index in [1.54, 1.807) is 36.4 Å². The molecule has 0 spiro atoms. The molecule has 0 saturated carbocycles. The first-order valence-corrected chi connectivity index (χ1v) is 8.13. The first-order valence-electron chi connectivity index (χ1n) is 8.13. The maximum atomic E-state index is 12.6. The van der Waals surface area contributed by atoms with Crippen molar-refractivity contribution in [2.24, 2.45) is 0 Å². The van der Waals surface area contributed by atoms with Crippen molar-refractivity contribution < 1.29 is 9.59 Å². The summed E-state index contributed by atoms with van der Waals surface area (Å²) in [6, 6.07) is 16.3. The summed E-state index contributed by atoms with van der Waals surface area (Å²) < 4.78 is 0. The van der Waals surface area contributed by atoms with Gasteiger partial charge in [0.15, 0.2) is 0 Å². The Morgan fingerprint density at radius 1 is 1.04 bits per heavy atom. The summed E-state index contributed by atoms with van der Waals surface area (Å²) in [5, 5.41) is 6.11. The summed E-state index contributed by atoms with van der Waals surface area (Å²) in [7, 11) is 0. The van der Waals surface area contributed by atoms with Crippen molar-refractivity contribution in [1.29, 1.82) is 0 Å². The Labute approximate surface area is 141 Å². The predicted molar refractivity (Wildman–Crippen MR) is 94.2 cm³/mol. The van der Waals surface area contributed by atoms with E-state index in [0.717, 1.165) is 13.1 Å². The lowest BCUT2D eigenvalue weighted by Gasteiger charge is -2.34. The molecule has 3 rings (SSSR count). The Hall–Kier alpha value is -2.66. The van der Waals surface area contributed by atoms with Crippen LogP contribution in [0.5, 0.6) is 0 Å². The molecule has 124 valence electrons. The molecule has 24 heavy (non-hydrogen) atoms. The third-order valence-corrected chi connectivity index (χ3v) is 4.19. The van der Waals surface area contributed by atoms with E-state index in [-0.39, 0.29) is 17.9 Å². The van der Waals surface area contributed by atoms with Gasteiger partial charge >= 0.3 is 0 Å². The van der Waals surface area contributed by atoms with Gasteiger partial charge in [0.25, 0.3) is 11.8 Å². The fraction of sp³-hybridized carbons (Fsp3) is 0.263. The zero-order valence-electron chi connectivity index (χ0n) is 13.7. The second-order valence-corrected chi connectivity index (χ2v) is 5.95. The van der Waals surface area contributed by atoms with Crippen molar-refractivity contribution in [1.82, 2.24) is 10.2 Å². The SMILES string of the molecule is C[C@@H]1CNCCN1C(=O)c1ccc(NC(=O)c2ccccc2)cc1. The molecule has 0 unspecified atom stereocenters. The lowest BCUT2D eigenvalue weighted by atomic mass is 10.1. The summed E-state index contributed by atoms with van der Waals surface area (Å²) in [4.78, 5) is 26.6. The number of anilines is 1. The van der Waals surface area contributed by atoms with Crippen molar-refractivity contribution in [3.63, 3.8) is 0 Å². The maximum Gasteiger partial charge on any atom is 0.255 e. The number of carbonyl (C=O) groups excluding carboxylic acids is 2. The van der Waals surface area contributed by atoms with Gasteiger partial charge in [0, 0.05) is 42.5 Å². The number of nitrogens with one attached hydrogen (secondary N) is 2. The Bertz CT molecular complexity index is 713. The highest BCUT2D eigenvalue weighted by molar-refractivity contribution is 6.04. The van der Waals surface area contributed by atoms with Gasteiger partial charge in [-0.05, 0) is 43.3 Å². The molecule has 0 aliphatic carbocycles. The van der Waals surface area contributed by atoms with Crippen LogP contribution in [-0.2, 0) is 0 Å². The number of hydrogen-bond donors (Lipinski definition) is 2. The highest BCUT2D eigenvalue weighted by atomic mass is 16.2. The van der Waals surface area contributed by atoms with E-state index in [2.05, 4.69) is 10.6 Å². The van der Waals surface area contributed by atoms with Crippen LogP contribution in [0.1, 0.15) is 27.6 Å². The largest absolute Gasteiger partial charge is 0.333 e. The normalized spacial score (nSPS) is 17.4. The summed E-state index contributed by atoms with van der Waals surface area (Å²) >= 11 is 0. The second-order valence-electron chi connectivity index (χ2n) is 5.95. The topological polar surface area (TPSA) is 61.4 Å². The number of piperazine rings is 1. The molecule has 1 atom stereocenters. The minimum absolute atomic E-state index is 0.0323. The minimum atomic E-state index is -0.162. The van der Waals surface area contributed by atoms with E-state index in [1.165, 1.54) is 0 Å². The van der Waals surface area contributed by atoms with Crippen LogP contribution in [0, 0.1) is 0 Å². The number of nitrogens with zero attached hydrogens (tertiary/aromatic N) is 1. The molecule has 1 heterocycles. The highest BCUT2D eigenvalue weighted by Gasteiger charge is 2.23. The zero-order valence-corrected chi connectivity index (χ0v) is 13.7. The molecule has 2 N–H and O–H groups in total. The van der Waals surface area contributed by atoms with Gasteiger partial charge in [-0.15, -0.1) is 0 Å². The number of hydrogen-bond acceptors (Lipinski definition) is 3. The second kappa shape index (κ2) is 7.27. The summed E-state index contributed by atoms with van der Waals surface area (Å²) in [5.41, 5.74) is 1.92. The zero-order chi connectivity index (χ0) is 16.9. The molecule has 2 aromatic rings. The van der Waals surface area contributed by atoms with Crippen LogP contribution < -0.4 is 10.6 Å². The number of rotatable bonds is 3. The molecule has 0 bridgehead atoms. The molecule has 2 aromatic carbocycles. The Kier molecular flexibility index (Phi) is 4.91. The number of benzene rings is 2. The molecular formula is C19H21N3O2. The van der Waals surface area contributed by atoms with Crippen LogP contribution in [0.25, 0.3) is 0 Å². The lowest BCUT2D eigenvalue weighted by molar-refractivity contribution is 0.0655. The smallest absolute Gasteiger partial charge is 0.255 e. The summed E-state index contributed by atoms with van der Waals surface area (Å²) in [5.74, 6) is -0.129. The van der Waals surface area contributed by atoms with Crippen molar-refractivity contribution in [2.45, 2.75) is 13.0 Å². The summed E-state index contributed by atoms with van der Waals surface area (Å²) in [6.07, 6.45) is 0. The molecule has 1 fully saturated rings. The van der Waals surface area contributed by atoms with E-state index < -0.39 is 0 Å². The lowest BCUT2D eigenvalue weighted by Crippen LogP contribution is -2.52. The van der Waals surface area contributed by atoms with Gasteiger partial charge in [-0.1, -0.05) is 18.2 Å².